The number of aromatic nitrogens is 1. The van der Waals surface area contributed by atoms with Gasteiger partial charge in [0.2, 0.25) is 5.91 Å². The minimum Gasteiger partial charge on any atom is -0.348 e. The molecule has 0 aliphatic heterocycles. The van der Waals surface area contributed by atoms with E-state index in [2.05, 4.69) is 15.6 Å². The molecule has 0 aliphatic rings. The maximum Gasteiger partial charge on any atom is 0.251 e. The molecule has 4 aromatic rings. The fraction of sp³-hybridized carbons (Fsp3) is 0.115. The van der Waals surface area contributed by atoms with Crippen LogP contribution in [0.3, 0.4) is 0 Å². The van der Waals surface area contributed by atoms with Gasteiger partial charge in [0.15, 0.2) is 0 Å². The SMILES string of the molecule is O=C(CCc1cccc(C(=O)NCc2ccccc2)c1)Nc1ccc2cnccc2c1. The van der Waals surface area contributed by atoms with E-state index in [1.54, 1.807) is 18.5 Å². The number of amides is 2. The summed E-state index contributed by atoms with van der Waals surface area (Å²) in [6, 6.07) is 24.9. The van der Waals surface area contributed by atoms with E-state index < -0.39 is 0 Å². The van der Waals surface area contributed by atoms with Crippen LogP contribution in [0.2, 0.25) is 0 Å². The molecule has 1 heterocycles. The Hall–Kier alpha value is -3.99. The van der Waals surface area contributed by atoms with Gasteiger partial charge in [-0.25, -0.2) is 0 Å². The van der Waals surface area contributed by atoms with Gasteiger partial charge in [0, 0.05) is 42.0 Å². The van der Waals surface area contributed by atoms with Crippen molar-refractivity contribution in [3.05, 3.63) is 108 Å². The van der Waals surface area contributed by atoms with Gasteiger partial charge in [-0.15, -0.1) is 0 Å². The van der Waals surface area contributed by atoms with Gasteiger partial charge in [-0.3, -0.25) is 14.6 Å². The van der Waals surface area contributed by atoms with Crippen LogP contribution in [0.25, 0.3) is 10.8 Å². The number of rotatable bonds is 7. The van der Waals surface area contributed by atoms with E-state index in [-0.39, 0.29) is 11.8 Å². The average molecular weight is 409 g/mol. The Labute approximate surface area is 181 Å². The summed E-state index contributed by atoms with van der Waals surface area (Å²) >= 11 is 0. The van der Waals surface area contributed by atoms with E-state index in [0.717, 1.165) is 27.6 Å². The van der Waals surface area contributed by atoms with Crippen molar-refractivity contribution in [2.75, 3.05) is 5.32 Å². The molecule has 5 heteroatoms. The number of fused-ring (bicyclic) bond motifs is 1. The molecule has 0 saturated heterocycles. The minimum atomic E-state index is -0.124. The highest BCUT2D eigenvalue weighted by Crippen LogP contribution is 2.18. The van der Waals surface area contributed by atoms with Crippen molar-refractivity contribution in [1.82, 2.24) is 10.3 Å². The molecular formula is C26H23N3O2. The molecular weight excluding hydrogens is 386 g/mol. The van der Waals surface area contributed by atoms with Gasteiger partial charge in [-0.2, -0.15) is 0 Å². The summed E-state index contributed by atoms with van der Waals surface area (Å²) < 4.78 is 0. The van der Waals surface area contributed by atoms with Crippen molar-refractivity contribution >= 4 is 28.3 Å². The van der Waals surface area contributed by atoms with Crippen LogP contribution < -0.4 is 10.6 Å². The van der Waals surface area contributed by atoms with Crippen LogP contribution in [0.5, 0.6) is 0 Å². The molecule has 2 amide bonds. The van der Waals surface area contributed by atoms with Gasteiger partial charge in [-0.1, -0.05) is 48.5 Å². The number of hydrogen-bond donors (Lipinski definition) is 2. The lowest BCUT2D eigenvalue weighted by molar-refractivity contribution is -0.116. The maximum absolute atomic E-state index is 12.5. The van der Waals surface area contributed by atoms with Crippen LogP contribution >= 0.6 is 0 Å². The third-order valence-corrected chi connectivity index (χ3v) is 5.05. The van der Waals surface area contributed by atoms with Crippen LogP contribution in [-0.4, -0.2) is 16.8 Å². The van der Waals surface area contributed by atoms with E-state index in [4.69, 9.17) is 0 Å². The molecule has 31 heavy (non-hydrogen) atoms. The van der Waals surface area contributed by atoms with Crippen LogP contribution in [0.4, 0.5) is 5.69 Å². The Bertz CT molecular complexity index is 1210. The Morgan fingerprint density at radius 1 is 0.806 bits per heavy atom. The third-order valence-electron chi connectivity index (χ3n) is 5.05. The van der Waals surface area contributed by atoms with Gasteiger partial charge in [0.1, 0.15) is 0 Å². The van der Waals surface area contributed by atoms with Crippen molar-refractivity contribution in [2.24, 2.45) is 0 Å². The molecule has 154 valence electrons. The molecule has 0 aliphatic carbocycles. The van der Waals surface area contributed by atoms with E-state index in [1.165, 1.54) is 0 Å². The van der Waals surface area contributed by atoms with E-state index in [9.17, 15) is 9.59 Å². The average Bonchev–Trinajstić information content (AvgIpc) is 2.82. The molecule has 1 aromatic heterocycles. The number of hydrogen-bond acceptors (Lipinski definition) is 3. The van der Waals surface area contributed by atoms with Crippen LogP contribution in [0, 0.1) is 0 Å². The number of nitrogens with zero attached hydrogens (tertiary/aromatic N) is 1. The second-order valence-corrected chi connectivity index (χ2v) is 7.35. The summed E-state index contributed by atoms with van der Waals surface area (Å²) in [5, 5.41) is 7.93. The lowest BCUT2D eigenvalue weighted by Gasteiger charge is -2.08. The zero-order valence-electron chi connectivity index (χ0n) is 17.0. The molecule has 0 radical (unpaired) electrons. The summed E-state index contributed by atoms with van der Waals surface area (Å²) in [5.41, 5.74) is 3.36. The quantitative estimate of drug-likeness (QED) is 0.463. The molecule has 0 saturated carbocycles. The van der Waals surface area contributed by atoms with Crippen molar-refractivity contribution < 1.29 is 9.59 Å². The van der Waals surface area contributed by atoms with Crippen LogP contribution in [0.1, 0.15) is 27.9 Å². The van der Waals surface area contributed by atoms with Gasteiger partial charge in [0.25, 0.3) is 5.91 Å². The molecule has 0 unspecified atom stereocenters. The summed E-state index contributed by atoms with van der Waals surface area (Å²) in [4.78, 5) is 29.0. The van der Waals surface area contributed by atoms with Gasteiger partial charge in [-0.05, 0) is 53.3 Å². The zero-order chi connectivity index (χ0) is 21.5. The normalized spacial score (nSPS) is 10.6. The molecule has 3 aromatic carbocycles. The Morgan fingerprint density at radius 3 is 2.52 bits per heavy atom. The second kappa shape index (κ2) is 9.67. The Morgan fingerprint density at radius 2 is 1.65 bits per heavy atom. The predicted octanol–water partition coefficient (Wildman–Crippen LogP) is 4.74. The first-order valence-corrected chi connectivity index (χ1v) is 10.2. The topological polar surface area (TPSA) is 71.1 Å². The second-order valence-electron chi connectivity index (χ2n) is 7.35. The standard InChI is InChI=1S/C26H23N3O2/c30-25(29-24-11-10-23-18-27-14-13-21(23)16-24)12-9-19-7-4-8-22(15-19)26(31)28-17-20-5-2-1-3-6-20/h1-8,10-11,13-16,18H,9,12,17H2,(H,28,31)(H,29,30). The highest BCUT2D eigenvalue weighted by molar-refractivity contribution is 5.95. The number of aryl methyl sites for hydroxylation is 1. The number of nitrogens with one attached hydrogen (secondary N) is 2. The van der Waals surface area contributed by atoms with Crippen LogP contribution in [-0.2, 0) is 17.8 Å². The maximum atomic E-state index is 12.5. The monoisotopic (exact) mass is 409 g/mol. The molecule has 0 spiro atoms. The minimum absolute atomic E-state index is 0.0626. The summed E-state index contributed by atoms with van der Waals surface area (Å²) in [7, 11) is 0. The Kier molecular flexibility index (Phi) is 6.33. The number of pyridine rings is 1. The molecule has 0 atom stereocenters. The lowest BCUT2D eigenvalue weighted by Crippen LogP contribution is -2.22. The molecule has 4 rings (SSSR count). The smallest absolute Gasteiger partial charge is 0.251 e. The largest absolute Gasteiger partial charge is 0.348 e. The number of carbonyl (C=O) groups is 2. The molecule has 5 nitrogen and oxygen atoms in total. The van der Waals surface area contributed by atoms with Crippen molar-refractivity contribution in [3.8, 4) is 0 Å². The zero-order valence-corrected chi connectivity index (χ0v) is 17.0. The first-order valence-electron chi connectivity index (χ1n) is 10.2. The summed E-state index contributed by atoms with van der Waals surface area (Å²) in [6.45, 7) is 0.480. The fourth-order valence-electron chi connectivity index (χ4n) is 3.39. The van der Waals surface area contributed by atoms with E-state index in [0.29, 0.717) is 24.9 Å². The molecule has 2 N–H and O–H groups in total. The van der Waals surface area contributed by atoms with E-state index >= 15 is 0 Å². The number of carbonyl (C=O) groups excluding carboxylic acids is 2. The molecule has 0 bridgehead atoms. The predicted molar refractivity (Wildman–Crippen MR) is 123 cm³/mol. The van der Waals surface area contributed by atoms with Crippen LogP contribution in [0.15, 0.2) is 91.3 Å². The summed E-state index contributed by atoms with van der Waals surface area (Å²) in [6.07, 6.45) is 4.42. The lowest BCUT2D eigenvalue weighted by atomic mass is 10.1. The third kappa shape index (κ3) is 5.54. The number of anilines is 1. The molecule has 0 fully saturated rings. The van der Waals surface area contributed by atoms with Crippen molar-refractivity contribution in [3.63, 3.8) is 0 Å². The first-order chi connectivity index (χ1) is 15.2. The van der Waals surface area contributed by atoms with Gasteiger partial charge >= 0.3 is 0 Å². The van der Waals surface area contributed by atoms with Crippen molar-refractivity contribution in [2.45, 2.75) is 19.4 Å². The Balaban J connectivity index is 1.31. The fourth-order valence-corrected chi connectivity index (χ4v) is 3.39. The number of benzene rings is 3. The first kappa shape index (κ1) is 20.3. The summed E-state index contributed by atoms with van der Waals surface area (Å²) in [5.74, 6) is -0.187. The van der Waals surface area contributed by atoms with Crippen molar-refractivity contribution in [1.29, 1.82) is 0 Å². The highest BCUT2D eigenvalue weighted by atomic mass is 16.2. The van der Waals surface area contributed by atoms with Gasteiger partial charge < -0.3 is 10.6 Å². The van der Waals surface area contributed by atoms with E-state index in [1.807, 2.05) is 72.8 Å². The highest BCUT2D eigenvalue weighted by Gasteiger charge is 2.08. The van der Waals surface area contributed by atoms with Gasteiger partial charge in [0.05, 0.1) is 0 Å².